The Kier molecular flexibility index (Phi) is 5.80. The Hall–Kier alpha value is -0.720. The molecule has 0 aliphatic carbocycles. The molecule has 17 heavy (non-hydrogen) atoms. The van der Waals surface area contributed by atoms with Crippen LogP contribution in [0.4, 0.5) is 10.7 Å². The highest BCUT2D eigenvalue weighted by atomic mass is 32.2. The van der Waals surface area contributed by atoms with Gasteiger partial charge in [-0.25, -0.2) is 0 Å². The monoisotopic (exact) mass is 274 g/mol. The number of nitrogens with one attached hydrogen (secondary N) is 1. The van der Waals surface area contributed by atoms with Crippen LogP contribution >= 0.6 is 23.1 Å². The number of carbonyl (C=O) groups excluding carboxylic acids is 1. The van der Waals surface area contributed by atoms with Crippen molar-refractivity contribution in [1.29, 1.82) is 0 Å². The van der Waals surface area contributed by atoms with Crippen LogP contribution in [0, 0.1) is 0 Å². The van der Waals surface area contributed by atoms with Gasteiger partial charge in [0.25, 0.3) is 0 Å². The molecule has 1 aromatic heterocycles. The van der Waals surface area contributed by atoms with Gasteiger partial charge in [-0.05, 0) is 13.2 Å². The van der Waals surface area contributed by atoms with Crippen LogP contribution in [0.15, 0.2) is 4.90 Å². The SMILES string of the molecule is CCOCCNc1sc(C(C)=O)c(N)c1SC. The number of thioether (sulfide) groups is 1. The summed E-state index contributed by atoms with van der Waals surface area (Å²) >= 11 is 2.97. The minimum Gasteiger partial charge on any atom is -0.396 e. The van der Waals surface area contributed by atoms with Crippen LogP contribution in [0.25, 0.3) is 0 Å². The fraction of sp³-hybridized carbons (Fsp3) is 0.545. The molecule has 0 amide bonds. The lowest BCUT2D eigenvalue weighted by molar-refractivity contribution is 0.102. The number of rotatable bonds is 7. The Balaban J connectivity index is 2.77. The van der Waals surface area contributed by atoms with E-state index in [1.54, 1.807) is 11.8 Å². The molecule has 0 bridgehead atoms. The van der Waals surface area contributed by atoms with Crippen LogP contribution in [0.3, 0.4) is 0 Å². The first-order valence-electron chi connectivity index (χ1n) is 5.40. The molecular weight excluding hydrogens is 256 g/mol. The summed E-state index contributed by atoms with van der Waals surface area (Å²) in [5, 5.41) is 4.21. The number of ether oxygens (including phenoxy) is 1. The number of carbonyl (C=O) groups is 1. The minimum absolute atomic E-state index is 0.0145. The first-order valence-corrected chi connectivity index (χ1v) is 7.44. The molecular formula is C11H18N2O2S2. The number of nitrogen functional groups attached to an aromatic ring is 1. The molecule has 0 spiro atoms. The van der Waals surface area contributed by atoms with E-state index in [9.17, 15) is 4.79 Å². The van der Waals surface area contributed by atoms with E-state index in [1.807, 2.05) is 13.2 Å². The molecule has 1 aromatic rings. The van der Waals surface area contributed by atoms with Crippen LogP contribution in [-0.4, -0.2) is 31.8 Å². The fourth-order valence-electron chi connectivity index (χ4n) is 1.39. The van der Waals surface area contributed by atoms with Gasteiger partial charge >= 0.3 is 0 Å². The Bertz CT molecular complexity index is 391. The van der Waals surface area contributed by atoms with Crippen molar-refractivity contribution in [3.8, 4) is 0 Å². The highest BCUT2D eigenvalue weighted by molar-refractivity contribution is 7.99. The van der Waals surface area contributed by atoms with E-state index in [0.717, 1.165) is 16.4 Å². The van der Waals surface area contributed by atoms with E-state index < -0.39 is 0 Å². The molecule has 96 valence electrons. The van der Waals surface area contributed by atoms with Crippen molar-refractivity contribution >= 4 is 39.6 Å². The predicted molar refractivity (Wildman–Crippen MR) is 75.5 cm³/mol. The summed E-state index contributed by atoms with van der Waals surface area (Å²) in [4.78, 5) is 13.0. The van der Waals surface area contributed by atoms with Crippen LogP contribution < -0.4 is 11.1 Å². The van der Waals surface area contributed by atoms with Crippen molar-refractivity contribution < 1.29 is 9.53 Å². The summed E-state index contributed by atoms with van der Waals surface area (Å²) in [5.74, 6) is 0.0145. The Morgan fingerprint density at radius 3 is 2.82 bits per heavy atom. The molecule has 0 aliphatic heterocycles. The summed E-state index contributed by atoms with van der Waals surface area (Å²) < 4.78 is 5.25. The molecule has 0 saturated carbocycles. The van der Waals surface area contributed by atoms with Crippen molar-refractivity contribution in [2.24, 2.45) is 0 Å². The third-order valence-corrected chi connectivity index (χ3v) is 4.39. The van der Waals surface area contributed by atoms with E-state index in [4.69, 9.17) is 10.5 Å². The third kappa shape index (κ3) is 3.62. The Morgan fingerprint density at radius 2 is 2.29 bits per heavy atom. The fourth-order valence-corrected chi connectivity index (χ4v) is 3.35. The highest BCUT2D eigenvalue weighted by Gasteiger charge is 2.17. The summed E-state index contributed by atoms with van der Waals surface area (Å²) in [6, 6.07) is 0. The molecule has 0 saturated heterocycles. The van der Waals surface area contributed by atoms with Gasteiger partial charge in [-0.2, -0.15) is 0 Å². The molecule has 1 rings (SSSR count). The molecule has 0 unspecified atom stereocenters. The van der Waals surface area contributed by atoms with Crippen molar-refractivity contribution in [1.82, 2.24) is 0 Å². The predicted octanol–water partition coefficient (Wildman–Crippen LogP) is 2.70. The number of nitrogens with two attached hydrogens (primary N) is 1. The topological polar surface area (TPSA) is 64.3 Å². The molecule has 0 fully saturated rings. The van der Waals surface area contributed by atoms with Gasteiger partial charge in [-0.3, -0.25) is 4.79 Å². The number of hydrogen-bond acceptors (Lipinski definition) is 6. The average Bonchev–Trinajstić information content (AvgIpc) is 2.61. The Morgan fingerprint density at radius 1 is 1.59 bits per heavy atom. The number of anilines is 2. The van der Waals surface area contributed by atoms with Gasteiger partial charge in [0.1, 0.15) is 5.00 Å². The van der Waals surface area contributed by atoms with Crippen molar-refractivity contribution in [3.05, 3.63) is 4.88 Å². The van der Waals surface area contributed by atoms with Gasteiger partial charge in [0.15, 0.2) is 5.78 Å². The van der Waals surface area contributed by atoms with Crippen molar-refractivity contribution in [3.63, 3.8) is 0 Å². The molecule has 0 aromatic carbocycles. The second-order valence-electron chi connectivity index (χ2n) is 3.39. The molecule has 6 heteroatoms. The van der Waals surface area contributed by atoms with Crippen molar-refractivity contribution in [2.75, 3.05) is 37.1 Å². The maximum atomic E-state index is 11.4. The van der Waals surface area contributed by atoms with Gasteiger partial charge in [0.2, 0.25) is 0 Å². The lowest BCUT2D eigenvalue weighted by Gasteiger charge is -2.05. The molecule has 4 nitrogen and oxygen atoms in total. The molecule has 0 atom stereocenters. The van der Waals surface area contributed by atoms with E-state index >= 15 is 0 Å². The average molecular weight is 274 g/mol. The first-order chi connectivity index (χ1) is 8.11. The first kappa shape index (κ1) is 14.3. The third-order valence-electron chi connectivity index (χ3n) is 2.16. The zero-order valence-corrected chi connectivity index (χ0v) is 12.0. The molecule has 3 N–H and O–H groups in total. The molecule has 0 radical (unpaired) electrons. The molecule has 0 aliphatic rings. The van der Waals surface area contributed by atoms with Gasteiger partial charge < -0.3 is 15.8 Å². The van der Waals surface area contributed by atoms with E-state index in [2.05, 4.69) is 5.32 Å². The summed E-state index contributed by atoms with van der Waals surface area (Å²) in [5.41, 5.74) is 6.54. The number of Topliss-reactive ketones (excluding diaryl/α,β-unsaturated/α-hetero) is 1. The maximum absolute atomic E-state index is 11.4. The highest BCUT2D eigenvalue weighted by Crippen LogP contribution is 2.41. The smallest absolute Gasteiger partial charge is 0.171 e. The van der Waals surface area contributed by atoms with E-state index in [0.29, 0.717) is 23.8 Å². The van der Waals surface area contributed by atoms with Crippen LogP contribution in [0.2, 0.25) is 0 Å². The summed E-state index contributed by atoms with van der Waals surface area (Å²) in [6.07, 6.45) is 1.95. The van der Waals surface area contributed by atoms with Crippen LogP contribution in [-0.2, 0) is 4.74 Å². The number of thiophene rings is 1. The largest absolute Gasteiger partial charge is 0.396 e. The van der Waals surface area contributed by atoms with E-state index in [-0.39, 0.29) is 5.78 Å². The minimum atomic E-state index is 0.0145. The van der Waals surface area contributed by atoms with Crippen molar-refractivity contribution in [2.45, 2.75) is 18.7 Å². The van der Waals surface area contributed by atoms with Gasteiger partial charge in [0.05, 0.1) is 22.1 Å². The second-order valence-corrected chi connectivity index (χ2v) is 5.22. The lowest BCUT2D eigenvalue weighted by Crippen LogP contribution is -2.08. The number of ketones is 1. The zero-order valence-electron chi connectivity index (χ0n) is 10.3. The quantitative estimate of drug-likeness (QED) is 0.455. The summed E-state index contributed by atoms with van der Waals surface area (Å²) in [6.45, 7) is 5.58. The van der Waals surface area contributed by atoms with Crippen LogP contribution in [0.1, 0.15) is 23.5 Å². The maximum Gasteiger partial charge on any atom is 0.171 e. The van der Waals surface area contributed by atoms with E-state index in [1.165, 1.54) is 18.3 Å². The lowest BCUT2D eigenvalue weighted by atomic mass is 10.3. The van der Waals surface area contributed by atoms with Gasteiger partial charge in [0, 0.05) is 20.1 Å². The second kappa shape index (κ2) is 6.88. The standard InChI is InChI=1S/C11H18N2O2S2/c1-4-15-6-5-13-11-10(16-3)8(12)9(17-11)7(2)14/h13H,4-6,12H2,1-3H3. The van der Waals surface area contributed by atoms with Gasteiger partial charge in [-0.1, -0.05) is 0 Å². The zero-order chi connectivity index (χ0) is 12.8. The normalized spacial score (nSPS) is 10.5. The van der Waals surface area contributed by atoms with Crippen LogP contribution in [0.5, 0.6) is 0 Å². The Labute approximate surface area is 110 Å². The van der Waals surface area contributed by atoms with Gasteiger partial charge in [-0.15, -0.1) is 23.1 Å². The number of hydrogen-bond donors (Lipinski definition) is 2. The molecule has 1 heterocycles. The summed E-state index contributed by atoms with van der Waals surface area (Å²) in [7, 11) is 0.